The number of nitrogens with zero attached hydrogens (tertiary/aromatic N) is 1. The van der Waals surface area contributed by atoms with Gasteiger partial charge in [-0.05, 0) is 48.0 Å². The highest BCUT2D eigenvalue weighted by atomic mass is 79.9. The summed E-state index contributed by atoms with van der Waals surface area (Å²) in [5.41, 5.74) is 1.19. The summed E-state index contributed by atoms with van der Waals surface area (Å²) < 4.78 is 6.17. The molecule has 2 nitrogen and oxygen atoms in total. The molecule has 0 bridgehead atoms. The van der Waals surface area contributed by atoms with Gasteiger partial charge in [0.25, 0.3) is 0 Å². The predicted octanol–water partition coefficient (Wildman–Crippen LogP) is 3.30. The second kappa shape index (κ2) is 4.69. The van der Waals surface area contributed by atoms with Crippen molar-refractivity contribution in [2.75, 3.05) is 19.1 Å². The van der Waals surface area contributed by atoms with E-state index in [0.717, 1.165) is 10.2 Å². The molecule has 0 aliphatic heterocycles. The van der Waals surface area contributed by atoms with Crippen LogP contribution in [0.1, 0.15) is 13.8 Å². The van der Waals surface area contributed by atoms with Crippen LogP contribution in [0.5, 0.6) is 5.75 Å². The third-order valence-corrected chi connectivity index (χ3v) is 2.94. The van der Waals surface area contributed by atoms with Gasteiger partial charge in [0.15, 0.2) is 0 Å². The summed E-state index contributed by atoms with van der Waals surface area (Å²) in [6, 6.07) is 6.59. The minimum Gasteiger partial charge on any atom is -0.496 e. The molecule has 78 valence electrons. The van der Waals surface area contributed by atoms with E-state index in [1.54, 1.807) is 7.11 Å². The molecule has 0 fully saturated rings. The number of methoxy groups -OCH3 is 1. The molecule has 0 atom stereocenters. The molecule has 0 aliphatic carbocycles. The van der Waals surface area contributed by atoms with E-state index in [0.29, 0.717) is 6.04 Å². The van der Waals surface area contributed by atoms with E-state index in [4.69, 9.17) is 4.74 Å². The highest BCUT2D eigenvalue weighted by molar-refractivity contribution is 9.10. The summed E-state index contributed by atoms with van der Waals surface area (Å²) in [4.78, 5) is 2.21. The summed E-state index contributed by atoms with van der Waals surface area (Å²) in [6.45, 7) is 4.33. The summed E-state index contributed by atoms with van der Waals surface area (Å²) in [7, 11) is 3.75. The molecule has 0 N–H and O–H groups in total. The van der Waals surface area contributed by atoms with Crippen LogP contribution in [0.3, 0.4) is 0 Å². The van der Waals surface area contributed by atoms with Gasteiger partial charge in [-0.3, -0.25) is 0 Å². The van der Waals surface area contributed by atoms with E-state index in [1.807, 2.05) is 6.07 Å². The molecule has 3 heteroatoms. The Morgan fingerprint density at radius 1 is 1.36 bits per heavy atom. The molecule has 14 heavy (non-hydrogen) atoms. The Hall–Kier alpha value is -0.700. The maximum atomic E-state index is 5.17. The van der Waals surface area contributed by atoms with E-state index in [-0.39, 0.29) is 0 Å². The van der Waals surface area contributed by atoms with Crippen molar-refractivity contribution in [2.24, 2.45) is 0 Å². The molecule has 0 aliphatic rings. The van der Waals surface area contributed by atoms with Crippen molar-refractivity contribution in [1.29, 1.82) is 0 Å². The first kappa shape index (κ1) is 11.4. The predicted molar refractivity (Wildman–Crippen MR) is 64.2 cm³/mol. The largest absolute Gasteiger partial charge is 0.496 e. The zero-order chi connectivity index (χ0) is 10.7. The van der Waals surface area contributed by atoms with E-state index >= 15 is 0 Å². The van der Waals surface area contributed by atoms with Crippen molar-refractivity contribution in [3.63, 3.8) is 0 Å². The van der Waals surface area contributed by atoms with Crippen LogP contribution in [0.2, 0.25) is 0 Å². The van der Waals surface area contributed by atoms with Crippen LogP contribution in [-0.4, -0.2) is 20.2 Å². The van der Waals surface area contributed by atoms with Crippen molar-refractivity contribution in [1.82, 2.24) is 0 Å². The Morgan fingerprint density at radius 2 is 2.00 bits per heavy atom. The monoisotopic (exact) mass is 257 g/mol. The molecule has 0 spiro atoms. The first-order chi connectivity index (χ1) is 6.56. The zero-order valence-corrected chi connectivity index (χ0v) is 10.6. The molecule has 0 radical (unpaired) electrons. The Morgan fingerprint density at radius 3 is 2.43 bits per heavy atom. The van der Waals surface area contributed by atoms with Crippen molar-refractivity contribution >= 4 is 21.6 Å². The molecule has 1 rings (SSSR count). The summed E-state index contributed by atoms with van der Waals surface area (Å²) in [5, 5.41) is 0. The van der Waals surface area contributed by atoms with E-state index < -0.39 is 0 Å². The fourth-order valence-corrected chi connectivity index (χ4v) is 1.70. The maximum absolute atomic E-state index is 5.17. The topological polar surface area (TPSA) is 12.5 Å². The van der Waals surface area contributed by atoms with Gasteiger partial charge in [-0.2, -0.15) is 0 Å². The van der Waals surface area contributed by atoms with Gasteiger partial charge < -0.3 is 9.64 Å². The van der Waals surface area contributed by atoms with Crippen molar-refractivity contribution in [2.45, 2.75) is 19.9 Å². The smallest absolute Gasteiger partial charge is 0.133 e. The average molecular weight is 258 g/mol. The molecule has 0 saturated carbocycles. The highest BCUT2D eigenvalue weighted by Crippen LogP contribution is 2.29. The third-order valence-electron chi connectivity index (χ3n) is 2.32. The first-order valence-corrected chi connectivity index (χ1v) is 5.42. The standard InChI is InChI=1S/C11H16BrNO/c1-8(2)13(3)9-5-6-11(14-4)10(12)7-9/h5-8H,1-4H3. The second-order valence-electron chi connectivity index (χ2n) is 3.52. The molecule has 0 amide bonds. The average Bonchev–Trinajstić information content (AvgIpc) is 2.16. The molecule has 0 saturated heterocycles. The van der Waals surface area contributed by atoms with Crippen molar-refractivity contribution in [3.8, 4) is 5.75 Å². The zero-order valence-electron chi connectivity index (χ0n) is 9.04. The quantitative estimate of drug-likeness (QED) is 0.824. The lowest BCUT2D eigenvalue weighted by Gasteiger charge is -2.24. The molecule has 1 aromatic carbocycles. The lowest BCUT2D eigenvalue weighted by atomic mass is 10.2. The highest BCUT2D eigenvalue weighted by Gasteiger charge is 2.07. The normalized spacial score (nSPS) is 10.4. The number of rotatable bonds is 3. The molecule has 0 aromatic heterocycles. The van der Waals surface area contributed by atoms with Gasteiger partial charge in [-0.15, -0.1) is 0 Å². The fourth-order valence-electron chi connectivity index (χ4n) is 1.17. The maximum Gasteiger partial charge on any atom is 0.133 e. The van der Waals surface area contributed by atoms with Gasteiger partial charge in [-0.1, -0.05) is 0 Å². The summed E-state index contributed by atoms with van der Waals surface area (Å²) >= 11 is 3.47. The van der Waals surface area contributed by atoms with Gasteiger partial charge in [0.2, 0.25) is 0 Å². The van der Waals surface area contributed by atoms with Crippen LogP contribution < -0.4 is 9.64 Å². The third kappa shape index (κ3) is 2.41. The Balaban J connectivity index is 2.96. The summed E-state index contributed by atoms with van der Waals surface area (Å²) in [5.74, 6) is 0.867. The first-order valence-electron chi connectivity index (χ1n) is 4.62. The van der Waals surface area contributed by atoms with Crippen LogP contribution in [0, 0.1) is 0 Å². The van der Waals surface area contributed by atoms with Gasteiger partial charge in [0.1, 0.15) is 5.75 Å². The SMILES string of the molecule is COc1ccc(N(C)C(C)C)cc1Br. The van der Waals surface area contributed by atoms with Crippen molar-refractivity contribution in [3.05, 3.63) is 22.7 Å². The Kier molecular flexibility index (Phi) is 3.81. The van der Waals surface area contributed by atoms with E-state index in [1.165, 1.54) is 5.69 Å². The molecule has 1 aromatic rings. The van der Waals surface area contributed by atoms with Crippen LogP contribution in [0.25, 0.3) is 0 Å². The molecular formula is C11H16BrNO. The number of hydrogen-bond donors (Lipinski definition) is 0. The van der Waals surface area contributed by atoms with E-state index in [2.05, 4.69) is 53.9 Å². The van der Waals surface area contributed by atoms with Crippen LogP contribution in [-0.2, 0) is 0 Å². The van der Waals surface area contributed by atoms with Crippen LogP contribution in [0.15, 0.2) is 22.7 Å². The fraction of sp³-hybridized carbons (Fsp3) is 0.455. The number of hydrogen-bond acceptors (Lipinski definition) is 2. The number of ether oxygens (including phenoxy) is 1. The summed E-state index contributed by atoms with van der Waals surface area (Å²) in [6.07, 6.45) is 0. The number of halogens is 1. The van der Waals surface area contributed by atoms with Gasteiger partial charge in [-0.25, -0.2) is 0 Å². The molecular weight excluding hydrogens is 242 g/mol. The molecule has 0 unspecified atom stereocenters. The Labute approximate surface area is 94.0 Å². The minimum absolute atomic E-state index is 0.496. The van der Waals surface area contributed by atoms with E-state index in [9.17, 15) is 0 Å². The van der Waals surface area contributed by atoms with Gasteiger partial charge >= 0.3 is 0 Å². The number of benzene rings is 1. The van der Waals surface area contributed by atoms with Crippen LogP contribution >= 0.6 is 15.9 Å². The molecule has 0 heterocycles. The second-order valence-corrected chi connectivity index (χ2v) is 4.38. The Bertz CT molecular complexity index is 312. The lowest BCUT2D eigenvalue weighted by Crippen LogP contribution is -2.25. The van der Waals surface area contributed by atoms with Crippen molar-refractivity contribution < 1.29 is 4.74 Å². The van der Waals surface area contributed by atoms with Gasteiger partial charge in [0, 0.05) is 18.8 Å². The minimum atomic E-state index is 0.496. The number of anilines is 1. The van der Waals surface area contributed by atoms with Crippen LogP contribution in [0.4, 0.5) is 5.69 Å². The lowest BCUT2D eigenvalue weighted by molar-refractivity contribution is 0.412. The van der Waals surface area contributed by atoms with Gasteiger partial charge in [0.05, 0.1) is 11.6 Å².